The van der Waals surface area contributed by atoms with Gasteiger partial charge in [-0.3, -0.25) is 9.36 Å². The molecule has 0 aliphatic carbocycles. The number of anilines is 3. The number of hydrogen-bond donors (Lipinski definition) is 2. The Morgan fingerprint density at radius 2 is 1.33 bits per heavy atom. The number of hydrogen-bond acceptors (Lipinski definition) is 3. The summed E-state index contributed by atoms with van der Waals surface area (Å²) in [7, 11) is 0. The second-order valence-corrected chi connectivity index (χ2v) is 6.01. The minimum absolute atomic E-state index is 0.208. The van der Waals surface area contributed by atoms with Crippen molar-refractivity contribution in [1.29, 1.82) is 0 Å². The molecule has 0 radical (unpaired) electrons. The zero-order chi connectivity index (χ0) is 18.5. The second kappa shape index (κ2) is 7.58. The van der Waals surface area contributed by atoms with E-state index in [1.54, 1.807) is 17.1 Å². The summed E-state index contributed by atoms with van der Waals surface area (Å²) < 4.78 is 1.76. The Balaban J connectivity index is 1.47. The average Bonchev–Trinajstić information content (AvgIpc) is 3.21. The molecule has 0 bridgehead atoms. The van der Waals surface area contributed by atoms with Crippen LogP contribution in [0.3, 0.4) is 0 Å². The number of benzene rings is 3. The first-order chi connectivity index (χ1) is 13.3. The molecule has 5 heteroatoms. The van der Waals surface area contributed by atoms with E-state index >= 15 is 0 Å². The van der Waals surface area contributed by atoms with Crippen LogP contribution >= 0.6 is 0 Å². The van der Waals surface area contributed by atoms with Crippen LogP contribution in [0.15, 0.2) is 97.5 Å². The van der Waals surface area contributed by atoms with Gasteiger partial charge in [-0.2, -0.15) is 0 Å². The molecular formula is C22H18N4O. The van der Waals surface area contributed by atoms with Gasteiger partial charge < -0.3 is 10.6 Å². The van der Waals surface area contributed by atoms with Crippen LogP contribution in [-0.4, -0.2) is 15.5 Å². The summed E-state index contributed by atoms with van der Waals surface area (Å²) in [6.45, 7) is 0. The lowest BCUT2D eigenvalue weighted by Gasteiger charge is -2.10. The third-order valence-electron chi connectivity index (χ3n) is 4.11. The lowest BCUT2D eigenvalue weighted by atomic mass is 10.2. The largest absolute Gasteiger partial charge is 0.356 e. The van der Waals surface area contributed by atoms with Crippen molar-refractivity contribution in [2.75, 3.05) is 10.6 Å². The zero-order valence-electron chi connectivity index (χ0n) is 14.5. The third kappa shape index (κ3) is 3.88. The summed E-state index contributed by atoms with van der Waals surface area (Å²) in [5, 5.41) is 6.23. The van der Waals surface area contributed by atoms with Crippen molar-refractivity contribution in [3.63, 3.8) is 0 Å². The van der Waals surface area contributed by atoms with Crippen LogP contribution in [0.25, 0.3) is 5.69 Å². The summed E-state index contributed by atoms with van der Waals surface area (Å²) >= 11 is 0. The number of aromatic nitrogens is 2. The summed E-state index contributed by atoms with van der Waals surface area (Å²) in [6, 6.07) is 27.2. The maximum absolute atomic E-state index is 12.7. The van der Waals surface area contributed by atoms with Crippen molar-refractivity contribution in [2.24, 2.45) is 0 Å². The first-order valence-corrected chi connectivity index (χ1v) is 8.61. The van der Waals surface area contributed by atoms with Gasteiger partial charge in [0.25, 0.3) is 5.91 Å². The Morgan fingerprint density at radius 3 is 2.04 bits per heavy atom. The van der Waals surface area contributed by atoms with Crippen LogP contribution in [0.1, 0.15) is 10.5 Å². The van der Waals surface area contributed by atoms with Gasteiger partial charge in [0.1, 0.15) is 5.69 Å². The summed E-state index contributed by atoms with van der Waals surface area (Å²) in [5.74, 6) is -0.208. The number of nitrogens with one attached hydrogen (secondary N) is 2. The molecule has 4 rings (SSSR count). The maximum atomic E-state index is 12.7. The fourth-order valence-corrected chi connectivity index (χ4v) is 2.78. The van der Waals surface area contributed by atoms with Gasteiger partial charge in [-0.25, -0.2) is 4.98 Å². The number of imidazole rings is 1. The van der Waals surface area contributed by atoms with Crippen molar-refractivity contribution >= 4 is 23.0 Å². The second-order valence-electron chi connectivity index (χ2n) is 6.01. The van der Waals surface area contributed by atoms with Crippen LogP contribution in [0, 0.1) is 0 Å². The molecule has 4 aromatic rings. The van der Waals surface area contributed by atoms with Crippen molar-refractivity contribution in [2.45, 2.75) is 0 Å². The molecule has 0 atom stereocenters. The van der Waals surface area contributed by atoms with Gasteiger partial charge in [0, 0.05) is 22.7 Å². The molecule has 1 amide bonds. The highest BCUT2D eigenvalue weighted by atomic mass is 16.2. The molecule has 3 aromatic carbocycles. The highest BCUT2D eigenvalue weighted by Gasteiger charge is 2.13. The molecule has 0 unspecified atom stereocenters. The van der Waals surface area contributed by atoms with E-state index in [9.17, 15) is 4.79 Å². The van der Waals surface area contributed by atoms with Crippen LogP contribution in [0.2, 0.25) is 0 Å². The standard InChI is InChI=1S/C22H18N4O/c27-22(21-15-23-16-26(21)20-9-5-2-6-10-20)25-19-13-11-18(12-14-19)24-17-7-3-1-4-8-17/h1-16,24H,(H,25,27). The SMILES string of the molecule is O=C(Nc1ccc(Nc2ccccc2)cc1)c1cncn1-c1ccccc1. The molecule has 0 spiro atoms. The number of para-hydroxylation sites is 2. The highest BCUT2D eigenvalue weighted by Crippen LogP contribution is 2.19. The lowest BCUT2D eigenvalue weighted by Crippen LogP contribution is -2.16. The third-order valence-corrected chi connectivity index (χ3v) is 4.11. The smallest absolute Gasteiger partial charge is 0.274 e. The van der Waals surface area contributed by atoms with Gasteiger partial charge in [-0.05, 0) is 48.5 Å². The van der Waals surface area contributed by atoms with E-state index in [0.717, 1.165) is 22.7 Å². The van der Waals surface area contributed by atoms with Crippen LogP contribution in [-0.2, 0) is 0 Å². The number of rotatable bonds is 5. The predicted octanol–water partition coefficient (Wildman–Crippen LogP) is 4.87. The number of nitrogens with zero attached hydrogens (tertiary/aromatic N) is 2. The van der Waals surface area contributed by atoms with Gasteiger partial charge in [0.2, 0.25) is 0 Å². The van der Waals surface area contributed by atoms with Crippen molar-refractivity contribution in [3.05, 3.63) is 103 Å². The zero-order valence-corrected chi connectivity index (χ0v) is 14.5. The number of amides is 1. The quantitative estimate of drug-likeness (QED) is 0.538. The van der Waals surface area contributed by atoms with E-state index in [4.69, 9.17) is 0 Å². The van der Waals surface area contributed by atoms with Crippen molar-refractivity contribution in [1.82, 2.24) is 9.55 Å². The van der Waals surface area contributed by atoms with Gasteiger partial charge >= 0.3 is 0 Å². The minimum Gasteiger partial charge on any atom is -0.356 e. The molecule has 0 aliphatic heterocycles. The predicted molar refractivity (Wildman–Crippen MR) is 108 cm³/mol. The normalized spacial score (nSPS) is 10.4. The first-order valence-electron chi connectivity index (χ1n) is 8.61. The average molecular weight is 354 g/mol. The summed E-state index contributed by atoms with van der Waals surface area (Å²) in [6.07, 6.45) is 3.20. The van der Waals surface area contributed by atoms with Crippen molar-refractivity contribution < 1.29 is 4.79 Å². The summed E-state index contributed by atoms with van der Waals surface area (Å²) in [4.78, 5) is 16.8. The molecule has 1 heterocycles. The fraction of sp³-hybridized carbons (Fsp3) is 0. The molecule has 5 nitrogen and oxygen atoms in total. The molecule has 1 aromatic heterocycles. The van der Waals surface area contributed by atoms with E-state index in [1.807, 2.05) is 84.9 Å². The minimum atomic E-state index is -0.208. The number of carbonyl (C=O) groups excluding carboxylic acids is 1. The van der Waals surface area contributed by atoms with Gasteiger partial charge in [0.15, 0.2) is 0 Å². The first kappa shape index (κ1) is 16.6. The number of carbonyl (C=O) groups is 1. The maximum Gasteiger partial charge on any atom is 0.274 e. The molecule has 0 saturated carbocycles. The molecule has 0 fully saturated rings. The Hall–Kier alpha value is -3.86. The van der Waals surface area contributed by atoms with Gasteiger partial charge in [-0.15, -0.1) is 0 Å². The molecular weight excluding hydrogens is 336 g/mol. The van der Waals surface area contributed by atoms with Crippen LogP contribution in [0.5, 0.6) is 0 Å². The van der Waals surface area contributed by atoms with E-state index in [0.29, 0.717) is 5.69 Å². The lowest BCUT2D eigenvalue weighted by molar-refractivity contribution is 0.102. The highest BCUT2D eigenvalue weighted by molar-refractivity contribution is 6.03. The van der Waals surface area contributed by atoms with Crippen molar-refractivity contribution in [3.8, 4) is 5.69 Å². The Morgan fingerprint density at radius 1 is 0.741 bits per heavy atom. The van der Waals surface area contributed by atoms with E-state index < -0.39 is 0 Å². The molecule has 0 saturated heterocycles. The van der Waals surface area contributed by atoms with E-state index in [-0.39, 0.29) is 5.91 Å². The van der Waals surface area contributed by atoms with E-state index in [2.05, 4.69) is 15.6 Å². The fourth-order valence-electron chi connectivity index (χ4n) is 2.78. The Labute approximate surface area is 157 Å². The molecule has 2 N–H and O–H groups in total. The van der Waals surface area contributed by atoms with E-state index in [1.165, 1.54) is 0 Å². The molecule has 132 valence electrons. The Bertz CT molecular complexity index is 1020. The Kier molecular flexibility index (Phi) is 4.66. The molecule has 0 aliphatic rings. The topological polar surface area (TPSA) is 59.0 Å². The van der Waals surface area contributed by atoms with Crippen LogP contribution < -0.4 is 10.6 Å². The van der Waals surface area contributed by atoms with Crippen LogP contribution in [0.4, 0.5) is 17.1 Å². The molecule has 27 heavy (non-hydrogen) atoms. The summed E-state index contributed by atoms with van der Waals surface area (Å²) in [5.41, 5.74) is 4.06. The van der Waals surface area contributed by atoms with Gasteiger partial charge in [0.05, 0.1) is 12.5 Å². The van der Waals surface area contributed by atoms with Gasteiger partial charge in [-0.1, -0.05) is 36.4 Å². The monoisotopic (exact) mass is 354 g/mol.